The molecule has 1 unspecified atom stereocenters. The molecule has 1 atom stereocenters. The molecular weight excluding hydrogens is 633 g/mol. The zero-order valence-electron chi connectivity index (χ0n) is 26.6. The van der Waals surface area contributed by atoms with Gasteiger partial charge in [-0.2, -0.15) is 0 Å². The number of aliphatic imine (C=N–C) groups is 1. The average molecular weight is 659 g/mol. The summed E-state index contributed by atoms with van der Waals surface area (Å²) in [4.78, 5) is 8.11. The maximum absolute atomic E-state index is 6.81. The van der Waals surface area contributed by atoms with Crippen LogP contribution in [0, 0.1) is 0 Å². The fourth-order valence-corrected chi connectivity index (χ4v) is 9.58. The lowest BCUT2D eigenvalue weighted by molar-refractivity contribution is 0.616. The quantitative estimate of drug-likeness (QED) is 0.201. The molecule has 7 aromatic carbocycles. The van der Waals surface area contributed by atoms with Crippen LogP contribution in [-0.4, -0.2) is 14.8 Å². The van der Waals surface area contributed by atoms with E-state index in [0.717, 1.165) is 66.3 Å². The molecule has 5 nitrogen and oxygen atoms in total. The molecule has 12 rings (SSSR count). The lowest BCUT2D eigenvalue weighted by Gasteiger charge is -2.32. The third-order valence-electron chi connectivity index (χ3n) is 10.5. The topological polar surface area (TPSA) is 47.4 Å². The summed E-state index contributed by atoms with van der Waals surface area (Å²) in [6, 6.07) is 52.1. The number of furan rings is 1. The maximum atomic E-state index is 6.81. The van der Waals surface area contributed by atoms with Crippen molar-refractivity contribution in [2.75, 3.05) is 5.32 Å². The molecule has 6 heteroatoms. The van der Waals surface area contributed by atoms with Gasteiger partial charge in [-0.1, -0.05) is 109 Å². The van der Waals surface area contributed by atoms with Crippen LogP contribution >= 0.6 is 11.8 Å². The third kappa shape index (κ3) is 3.40. The van der Waals surface area contributed by atoms with E-state index in [4.69, 9.17) is 9.41 Å². The van der Waals surface area contributed by atoms with Crippen LogP contribution in [0.3, 0.4) is 0 Å². The molecule has 0 spiro atoms. The van der Waals surface area contributed by atoms with Gasteiger partial charge in [-0.05, 0) is 48.5 Å². The van der Waals surface area contributed by atoms with E-state index < -0.39 is 6.29 Å². The predicted octanol–water partition coefficient (Wildman–Crippen LogP) is 11.7. The van der Waals surface area contributed by atoms with E-state index in [1.807, 2.05) is 17.8 Å². The van der Waals surface area contributed by atoms with Crippen LogP contribution in [0.5, 0.6) is 0 Å². The summed E-state index contributed by atoms with van der Waals surface area (Å²) in [5, 5.41) is 10.9. The van der Waals surface area contributed by atoms with Gasteiger partial charge in [0.1, 0.15) is 5.58 Å². The van der Waals surface area contributed by atoms with Crippen LogP contribution in [-0.2, 0) is 0 Å². The minimum atomic E-state index is -0.449. The smallest absolute Gasteiger partial charge is 0.201 e. The molecule has 0 saturated heterocycles. The monoisotopic (exact) mass is 658 g/mol. The Morgan fingerprint density at radius 2 is 1.26 bits per heavy atom. The van der Waals surface area contributed by atoms with Gasteiger partial charge in [0.05, 0.1) is 27.8 Å². The first kappa shape index (κ1) is 26.7. The molecule has 2 aliphatic rings. The van der Waals surface area contributed by atoms with Crippen molar-refractivity contribution in [2.45, 2.75) is 16.1 Å². The van der Waals surface area contributed by atoms with Crippen LogP contribution < -0.4 is 5.32 Å². The number of aromatic nitrogens is 2. The van der Waals surface area contributed by atoms with Crippen molar-refractivity contribution in [1.82, 2.24) is 9.13 Å². The molecule has 1 N–H and O–H groups in total. The molecule has 234 valence electrons. The summed E-state index contributed by atoms with van der Waals surface area (Å²) in [7, 11) is 0. The van der Waals surface area contributed by atoms with E-state index in [1.54, 1.807) is 0 Å². The Labute approximate surface area is 290 Å². The number of anilines is 1. The highest BCUT2D eigenvalue weighted by atomic mass is 32.2. The molecule has 3 aromatic heterocycles. The van der Waals surface area contributed by atoms with Gasteiger partial charge in [-0.25, -0.2) is 4.99 Å². The van der Waals surface area contributed by atoms with Gasteiger partial charge in [0.15, 0.2) is 5.58 Å². The van der Waals surface area contributed by atoms with E-state index in [9.17, 15) is 0 Å². The van der Waals surface area contributed by atoms with Crippen molar-refractivity contribution in [1.29, 1.82) is 0 Å². The summed E-state index contributed by atoms with van der Waals surface area (Å²) in [5.41, 5.74) is 11.8. The van der Waals surface area contributed by atoms with Gasteiger partial charge in [0.2, 0.25) is 6.29 Å². The van der Waals surface area contributed by atoms with Crippen molar-refractivity contribution in [3.05, 3.63) is 157 Å². The van der Waals surface area contributed by atoms with Gasteiger partial charge in [0, 0.05) is 64.6 Å². The van der Waals surface area contributed by atoms with Gasteiger partial charge < -0.3 is 14.3 Å². The summed E-state index contributed by atoms with van der Waals surface area (Å²) >= 11 is 1.82. The van der Waals surface area contributed by atoms with Gasteiger partial charge in [-0.15, -0.1) is 0 Å². The molecule has 5 heterocycles. The molecule has 0 fully saturated rings. The Bertz CT molecular complexity index is 3110. The fraction of sp³-hybridized carbons (Fsp3) is 0.0227. The number of hydrogen-bond donors (Lipinski definition) is 1. The average Bonchev–Trinajstić information content (AvgIpc) is 3.83. The summed E-state index contributed by atoms with van der Waals surface area (Å²) in [6.07, 6.45) is -0.449. The first-order chi connectivity index (χ1) is 24.8. The zero-order valence-corrected chi connectivity index (χ0v) is 27.4. The minimum Gasteiger partial charge on any atom is -0.454 e. The lowest BCUT2D eigenvalue weighted by Crippen LogP contribution is -2.27. The van der Waals surface area contributed by atoms with Crippen molar-refractivity contribution in [2.24, 2.45) is 4.99 Å². The highest BCUT2D eigenvalue weighted by Gasteiger charge is 2.33. The van der Waals surface area contributed by atoms with Crippen molar-refractivity contribution < 1.29 is 4.42 Å². The Kier molecular flexibility index (Phi) is 5.17. The summed E-state index contributed by atoms with van der Waals surface area (Å²) < 4.78 is 11.7. The molecular formula is C44H26N4OS. The second-order valence-electron chi connectivity index (χ2n) is 13.1. The molecule has 0 aliphatic carbocycles. The van der Waals surface area contributed by atoms with Gasteiger partial charge >= 0.3 is 0 Å². The molecule has 10 aromatic rings. The lowest BCUT2D eigenvalue weighted by atomic mass is 9.98. The van der Waals surface area contributed by atoms with Crippen LogP contribution in [0.2, 0.25) is 0 Å². The Morgan fingerprint density at radius 3 is 2.16 bits per heavy atom. The molecule has 50 heavy (non-hydrogen) atoms. The zero-order chi connectivity index (χ0) is 32.5. The Balaban J connectivity index is 1.30. The first-order valence-corrected chi connectivity index (χ1v) is 17.7. The summed E-state index contributed by atoms with van der Waals surface area (Å²) in [5.74, 6) is 0. The molecule has 0 amide bonds. The highest BCUT2D eigenvalue weighted by Crippen LogP contribution is 2.49. The molecule has 0 saturated carbocycles. The number of hydrogen-bond acceptors (Lipinski definition) is 4. The number of fused-ring (bicyclic) bond motifs is 13. The van der Waals surface area contributed by atoms with Crippen molar-refractivity contribution in [3.63, 3.8) is 0 Å². The predicted molar refractivity (Wildman–Crippen MR) is 206 cm³/mol. The normalized spacial score (nSPS) is 15.2. The van der Waals surface area contributed by atoms with Gasteiger partial charge in [-0.3, -0.25) is 4.57 Å². The summed E-state index contributed by atoms with van der Waals surface area (Å²) in [6.45, 7) is 0. The number of nitrogens with zero attached hydrogens (tertiary/aromatic N) is 3. The van der Waals surface area contributed by atoms with E-state index in [0.29, 0.717) is 0 Å². The van der Waals surface area contributed by atoms with E-state index in [1.165, 1.54) is 37.2 Å². The minimum absolute atomic E-state index is 0.449. The largest absolute Gasteiger partial charge is 0.454 e. The fourth-order valence-electron chi connectivity index (χ4n) is 8.47. The van der Waals surface area contributed by atoms with E-state index in [2.05, 4.69) is 154 Å². The van der Waals surface area contributed by atoms with E-state index >= 15 is 0 Å². The van der Waals surface area contributed by atoms with Gasteiger partial charge in [0.25, 0.3) is 0 Å². The number of rotatable bonds is 2. The molecule has 0 radical (unpaired) electrons. The Morgan fingerprint density at radius 1 is 0.560 bits per heavy atom. The van der Waals surface area contributed by atoms with Crippen LogP contribution in [0.4, 0.5) is 5.69 Å². The number of para-hydroxylation sites is 3. The second kappa shape index (κ2) is 9.68. The standard InChI is InChI=1S/C44H26N4OS/c1-2-11-25(12-3-1)47-34-17-7-4-13-26(34)28-21-22-29-30-23-24-31-27-14-5-8-18-35(27)49-43(31)42(30)48(41(29)40(28)47)44-45-33-16-10-20-37-38(33)39(46-44)32-15-6-9-19-36(32)50-37/h1-24,44-45H. The van der Waals surface area contributed by atoms with Crippen LogP contribution in [0.15, 0.2) is 165 Å². The molecule has 2 aliphatic heterocycles. The number of benzene rings is 7. The highest BCUT2D eigenvalue weighted by molar-refractivity contribution is 7.99. The van der Waals surface area contributed by atoms with E-state index in [-0.39, 0.29) is 0 Å². The molecule has 0 bridgehead atoms. The SMILES string of the molecule is c1ccc(-n2c3ccccc3c3ccc4c5ccc6c7ccccc7oc6c5n(C5N=C6c7ccccc7Sc7cccc(c76)N5)c4c32)cc1. The maximum Gasteiger partial charge on any atom is 0.201 e. The van der Waals surface area contributed by atoms with Crippen molar-refractivity contribution >= 4 is 88.7 Å². The van der Waals surface area contributed by atoms with Crippen LogP contribution in [0.1, 0.15) is 17.4 Å². The number of nitrogens with one attached hydrogen (secondary N) is 1. The third-order valence-corrected chi connectivity index (χ3v) is 11.7. The van der Waals surface area contributed by atoms with Crippen LogP contribution in [0.25, 0.3) is 71.2 Å². The first-order valence-electron chi connectivity index (χ1n) is 16.9. The Hall–Kier alpha value is -6.24. The second-order valence-corrected chi connectivity index (χ2v) is 14.2. The van der Waals surface area contributed by atoms with Crippen molar-refractivity contribution in [3.8, 4) is 5.69 Å².